The summed E-state index contributed by atoms with van der Waals surface area (Å²) in [6.45, 7) is 1.55. The molecule has 0 bridgehead atoms. The number of benzene rings is 1. The van der Waals surface area contributed by atoms with Gasteiger partial charge in [-0.05, 0) is 24.5 Å². The second-order valence-electron chi connectivity index (χ2n) is 6.32. The van der Waals surface area contributed by atoms with Crippen molar-refractivity contribution < 1.29 is 0 Å². The van der Waals surface area contributed by atoms with E-state index in [1.54, 1.807) is 11.0 Å². The third-order valence-electron chi connectivity index (χ3n) is 4.64. The lowest BCUT2D eigenvalue weighted by atomic mass is 9.96. The Labute approximate surface area is 174 Å². The third kappa shape index (κ3) is 4.52. The molecule has 3 rings (SSSR count). The van der Waals surface area contributed by atoms with E-state index < -0.39 is 0 Å². The predicted molar refractivity (Wildman–Crippen MR) is 114 cm³/mol. The van der Waals surface area contributed by atoms with Gasteiger partial charge in [0.1, 0.15) is 12.2 Å². The van der Waals surface area contributed by atoms with E-state index in [1.165, 1.54) is 22.9 Å². The Morgan fingerprint density at radius 2 is 2.12 bits per heavy atom. The van der Waals surface area contributed by atoms with Crippen molar-refractivity contribution in [3.05, 3.63) is 46.5 Å². The van der Waals surface area contributed by atoms with Gasteiger partial charge in [0.05, 0.1) is 6.54 Å². The first-order valence-corrected chi connectivity index (χ1v) is 8.85. The molecule has 1 aromatic heterocycles. The first-order chi connectivity index (χ1) is 11.6. The van der Waals surface area contributed by atoms with Crippen molar-refractivity contribution in [2.24, 2.45) is 12.0 Å². The highest BCUT2D eigenvalue weighted by atomic mass is 127. The maximum absolute atomic E-state index is 4.41. The van der Waals surface area contributed by atoms with Crippen LogP contribution in [-0.2, 0) is 19.0 Å². The van der Waals surface area contributed by atoms with Gasteiger partial charge < -0.3 is 10.2 Å². The molecule has 0 aliphatic heterocycles. The van der Waals surface area contributed by atoms with Crippen molar-refractivity contribution in [2.45, 2.75) is 24.8 Å². The molecule has 136 valence electrons. The van der Waals surface area contributed by atoms with Gasteiger partial charge in [0, 0.05) is 37.6 Å². The Bertz CT molecular complexity index is 740. The van der Waals surface area contributed by atoms with E-state index in [0.717, 1.165) is 18.3 Å². The van der Waals surface area contributed by atoms with Gasteiger partial charge in [-0.25, -0.2) is 4.98 Å². The highest BCUT2D eigenvalue weighted by Gasteiger charge is 2.45. The predicted octanol–water partition coefficient (Wildman–Crippen LogP) is 2.93. The van der Waals surface area contributed by atoms with Gasteiger partial charge in [-0.2, -0.15) is 5.10 Å². The van der Waals surface area contributed by atoms with Crippen molar-refractivity contribution in [2.75, 3.05) is 20.6 Å². The number of guanidine groups is 1. The van der Waals surface area contributed by atoms with Crippen LogP contribution in [0.4, 0.5) is 0 Å². The van der Waals surface area contributed by atoms with E-state index in [2.05, 4.69) is 65.5 Å². The molecule has 1 aliphatic carbocycles. The molecule has 0 radical (unpaired) electrons. The van der Waals surface area contributed by atoms with Gasteiger partial charge in [0.25, 0.3) is 0 Å². The van der Waals surface area contributed by atoms with Crippen LogP contribution < -0.4 is 5.32 Å². The fourth-order valence-electron chi connectivity index (χ4n) is 2.97. The highest BCUT2D eigenvalue weighted by Crippen LogP contribution is 2.49. The Balaban J connectivity index is 0.00000225. The summed E-state index contributed by atoms with van der Waals surface area (Å²) >= 11 is 3.69. The smallest absolute Gasteiger partial charge is 0.193 e. The number of halogens is 2. The van der Waals surface area contributed by atoms with Crippen LogP contribution in [-0.4, -0.2) is 46.3 Å². The van der Waals surface area contributed by atoms with E-state index >= 15 is 0 Å². The summed E-state index contributed by atoms with van der Waals surface area (Å²) in [5.41, 5.74) is 1.59. The Hall–Kier alpha value is -1.16. The number of hydrogen-bond acceptors (Lipinski definition) is 3. The monoisotopic (exact) mass is 518 g/mol. The molecule has 1 fully saturated rings. The molecule has 1 aromatic carbocycles. The fraction of sp³-hybridized carbons (Fsp3) is 0.471. The maximum atomic E-state index is 4.41. The largest absolute Gasteiger partial charge is 0.355 e. The first kappa shape index (κ1) is 20.2. The molecule has 8 heteroatoms. The van der Waals surface area contributed by atoms with Gasteiger partial charge in [0.2, 0.25) is 0 Å². The quantitative estimate of drug-likeness (QED) is 0.375. The van der Waals surface area contributed by atoms with Crippen molar-refractivity contribution in [3.8, 4) is 0 Å². The van der Waals surface area contributed by atoms with Crippen LogP contribution in [0.25, 0.3) is 0 Å². The normalized spacial score (nSPS) is 15.4. The summed E-state index contributed by atoms with van der Waals surface area (Å²) in [7, 11) is 5.73. The van der Waals surface area contributed by atoms with Crippen LogP contribution in [0.1, 0.15) is 24.2 Å². The molecule has 0 amide bonds. The molecule has 6 nitrogen and oxygen atoms in total. The SMILES string of the molecule is CN=C(NCC1(c2ccccc2Br)CC1)N(C)Cc1ncnn1C.I. The Morgan fingerprint density at radius 1 is 1.40 bits per heavy atom. The molecule has 0 saturated heterocycles. The van der Waals surface area contributed by atoms with E-state index in [4.69, 9.17) is 0 Å². The lowest BCUT2D eigenvalue weighted by molar-refractivity contribution is 0.444. The van der Waals surface area contributed by atoms with Gasteiger partial charge >= 0.3 is 0 Å². The average Bonchev–Trinajstić information content (AvgIpc) is 3.25. The minimum Gasteiger partial charge on any atom is -0.355 e. The molecule has 1 saturated carbocycles. The molecule has 0 atom stereocenters. The lowest BCUT2D eigenvalue weighted by Gasteiger charge is -2.25. The number of aromatic nitrogens is 3. The molecule has 1 N–H and O–H groups in total. The summed E-state index contributed by atoms with van der Waals surface area (Å²) in [5.74, 6) is 1.78. The number of nitrogens with zero attached hydrogens (tertiary/aromatic N) is 5. The molecule has 0 unspecified atom stereocenters. The van der Waals surface area contributed by atoms with Crippen LogP contribution in [0.5, 0.6) is 0 Å². The fourth-order valence-corrected chi connectivity index (χ4v) is 3.67. The third-order valence-corrected chi connectivity index (χ3v) is 5.33. The van der Waals surface area contributed by atoms with Gasteiger partial charge in [-0.1, -0.05) is 34.1 Å². The topological polar surface area (TPSA) is 58.3 Å². The standard InChI is InChI=1S/C17H23BrN6.HI/c1-19-16(23(2)10-15-21-12-22-24(15)3)20-11-17(8-9-17)13-6-4-5-7-14(13)18;/h4-7,12H,8-11H2,1-3H3,(H,19,20);1H. The molecular weight excluding hydrogens is 495 g/mol. The van der Waals surface area contributed by atoms with E-state index in [9.17, 15) is 0 Å². The number of aliphatic imine (C=N–C) groups is 1. The summed E-state index contributed by atoms with van der Waals surface area (Å²) in [4.78, 5) is 10.8. The molecule has 25 heavy (non-hydrogen) atoms. The van der Waals surface area contributed by atoms with Crippen LogP contribution in [0, 0.1) is 0 Å². The molecular formula is C17H24BrIN6. The minimum absolute atomic E-state index is 0. The van der Waals surface area contributed by atoms with E-state index in [1.807, 2.05) is 21.1 Å². The summed E-state index contributed by atoms with van der Waals surface area (Å²) in [5, 5.41) is 7.64. The molecule has 1 aliphatic rings. The van der Waals surface area contributed by atoms with E-state index in [-0.39, 0.29) is 29.4 Å². The van der Waals surface area contributed by atoms with Crippen molar-refractivity contribution >= 4 is 45.9 Å². The number of nitrogens with one attached hydrogen (secondary N) is 1. The minimum atomic E-state index is 0. The number of aryl methyl sites for hydroxylation is 1. The van der Waals surface area contributed by atoms with Crippen molar-refractivity contribution in [3.63, 3.8) is 0 Å². The lowest BCUT2D eigenvalue weighted by Crippen LogP contribution is -2.42. The molecule has 1 heterocycles. The maximum Gasteiger partial charge on any atom is 0.193 e. The zero-order chi connectivity index (χ0) is 17.2. The van der Waals surface area contributed by atoms with Gasteiger partial charge in [-0.3, -0.25) is 9.67 Å². The highest BCUT2D eigenvalue weighted by molar-refractivity contribution is 14.0. The van der Waals surface area contributed by atoms with Crippen LogP contribution in [0.15, 0.2) is 40.1 Å². The zero-order valence-corrected chi connectivity index (χ0v) is 18.7. The van der Waals surface area contributed by atoms with Crippen molar-refractivity contribution in [1.29, 1.82) is 0 Å². The first-order valence-electron chi connectivity index (χ1n) is 8.05. The summed E-state index contributed by atoms with van der Waals surface area (Å²) in [6.07, 6.45) is 3.98. The van der Waals surface area contributed by atoms with Crippen LogP contribution in [0.3, 0.4) is 0 Å². The van der Waals surface area contributed by atoms with Crippen LogP contribution in [0.2, 0.25) is 0 Å². The number of hydrogen-bond donors (Lipinski definition) is 1. The van der Waals surface area contributed by atoms with Gasteiger partial charge in [0.15, 0.2) is 5.96 Å². The molecule has 2 aromatic rings. The Kier molecular flexibility index (Phi) is 6.84. The van der Waals surface area contributed by atoms with Gasteiger partial charge in [-0.15, -0.1) is 24.0 Å². The zero-order valence-electron chi connectivity index (χ0n) is 14.7. The Morgan fingerprint density at radius 3 is 2.68 bits per heavy atom. The summed E-state index contributed by atoms with van der Waals surface area (Å²) in [6, 6.07) is 8.50. The van der Waals surface area contributed by atoms with E-state index in [0.29, 0.717) is 6.54 Å². The second kappa shape index (κ2) is 8.48. The van der Waals surface area contributed by atoms with Crippen LogP contribution >= 0.6 is 39.9 Å². The second-order valence-corrected chi connectivity index (χ2v) is 7.17. The molecule has 0 spiro atoms. The number of rotatable bonds is 5. The summed E-state index contributed by atoms with van der Waals surface area (Å²) < 4.78 is 2.97. The van der Waals surface area contributed by atoms with Crippen molar-refractivity contribution in [1.82, 2.24) is 25.0 Å². The average molecular weight is 519 g/mol.